The Morgan fingerprint density at radius 2 is 1.88 bits per heavy atom. The van der Waals surface area contributed by atoms with Crippen LogP contribution in [0.2, 0.25) is 0 Å². The molecule has 0 saturated carbocycles. The van der Waals surface area contributed by atoms with Gasteiger partial charge in [0.2, 0.25) is 0 Å². The zero-order chi connectivity index (χ0) is 13.1. The number of hydrogen-bond donors (Lipinski definition) is 0. The molecule has 96 valence electrons. The largest absolute Gasteiger partial charge is 0.261 e. The van der Waals surface area contributed by atoms with Gasteiger partial charge >= 0.3 is 0 Å². The van der Waals surface area contributed by atoms with Gasteiger partial charge in [0.1, 0.15) is 0 Å². The van der Waals surface area contributed by atoms with Crippen molar-refractivity contribution in [3.05, 3.63) is 29.6 Å². The molecule has 0 N–H and O–H groups in total. The van der Waals surface area contributed by atoms with E-state index in [1.54, 1.807) is 0 Å². The fourth-order valence-corrected chi connectivity index (χ4v) is 2.46. The van der Waals surface area contributed by atoms with Crippen molar-refractivity contribution in [1.29, 1.82) is 0 Å². The number of rotatable bonds is 4. The lowest BCUT2D eigenvalue weighted by Crippen LogP contribution is -2.12. The Hall–Kier alpha value is -0.850. The van der Waals surface area contributed by atoms with Gasteiger partial charge in [0, 0.05) is 11.9 Å². The lowest BCUT2D eigenvalue weighted by Gasteiger charge is -2.22. The minimum atomic E-state index is 0.311. The summed E-state index contributed by atoms with van der Waals surface area (Å²) in [4.78, 5) is 4.50. The lowest BCUT2D eigenvalue weighted by atomic mass is 9.85. The first-order chi connectivity index (χ1) is 7.83. The van der Waals surface area contributed by atoms with E-state index in [4.69, 9.17) is 0 Å². The second kappa shape index (κ2) is 5.66. The molecule has 1 aromatic rings. The highest BCUT2D eigenvalue weighted by molar-refractivity contribution is 5.21. The first-order valence-corrected chi connectivity index (χ1v) is 6.78. The summed E-state index contributed by atoms with van der Waals surface area (Å²) in [6.07, 6.45) is 4.23. The van der Waals surface area contributed by atoms with Gasteiger partial charge in [0.05, 0.1) is 0 Å². The van der Waals surface area contributed by atoms with Crippen LogP contribution in [0, 0.1) is 11.3 Å². The summed E-state index contributed by atoms with van der Waals surface area (Å²) in [5.74, 6) is 1.36. The van der Waals surface area contributed by atoms with Gasteiger partial charge < -0.3 is 0 Å². The van der Waals surface area contributed by atoms with Crippen LogP contribution in [0.3, 0.4) is 0 Å². The number of pyridine rings is 1. The molecule has 0 aliphatic carbocycles. The topological polar surface area (TPSA) is 12.9 Å². The molecule has 0 spiro atoms. The van der Waals surface area contributed by atoms with Gasteiger partial charge in [0.25, 0.3) is 0 Å². The minimum Gasteiger partial charge on any atom is -0.261 e. The third-order valence-electron chi connectivity index (χ3n) is 3.22. The van der Waals surface area contributed by atoms with Gasteiger partial charge in [0.15, 0.2) is 0 Å². The second-order valence-electron chi connectivity index (χ2n) is 6.58. The van der Waals surface area contributed by atoms with Crippen molar-refractivity contribution >= 4 is 0 Å². The normalized spacial score (nSPS) is 14.1. The average molecular weight is 233 g/mol. The Balaban J connectivity index is 2.92. The van der Waals surface area contributed by atoms with E-state index < -0.39 is 0 Å². The Kier molecular flexibility index (Phi) is 4.73. The molecular weight excluding hydrogens is 206 g/mol. The zero-order valence-corrected chi connectivity index (χ0v) is 12.2. The third kappa shape index (κ3) is 4.49. The monoisotopic (exact) mass is 233 g/mol. The van der Waals surface area contributed by atoms with Crippen LogP contribution in [0.4, 0.5) is 0 Å². The van der Waals surface area contributed by atoms with Crippen LogP contribution in [-0.2, 0) is 6.42 Å². The van der Waals surface area contributed by atoms with Crippen LogP contribution in [0.1, 0.15) is 65.1 Å². The van der Waals surface area contributed by atoms with Gasteiger partial charge in [-0.2, -0.15) is 0 Å². The highest BCUT2D eigenvalue weighted by atomic mass is 14.7. The fraction of sp³-hybridized carbons (Fsp3) is 0.688. The fourth-order valence-electron chi connectivity index (χ4n) is 2.46. The predicted molar refractivity (Wildman–Crippen MR) is 75.3 cm³/mol. The summed E-state index contributed by atoms with van der Waals surface area (Å²) in [5, 5.41) is 0. The molecule has 0 aliphatic rings. The molecule has 0 amide bonds. The molecule has 0 bridgehead atoms. The predicted octanol–water partition coefficient (Wildman–Crippen LogP) is 4.82. The van der Waals surface area contributed by atoms with Gasteiger partial charge in [-0.25, -0.2) is 0 Å². The Bertz CT molecular complexity index is 347. The zero-order valence-electron chi connectivity index (χ0n) is 12.2. The van der Waals surface area contributed by atoms with E-state index >= 15 is 0 Å². The second-order valence-corrected chi connectivity index (χ2v) is 6.58. The van der Waals surface area contributed by atoms with Crippen molar-refractivity contribution in [3.8, 4) is 0 Å². The van der Waals surface area contributed by atoms with Crippen LogP contribution in [0.5, 0.6) is 0 Å². The number of hydrogen-bond acceptors (Lipinski definition) is 1. The Labute approximate surface area is 107 Å². The van der Waals surface area contributed by atoms with Crippen LogP contribution in [-0.4, -0.2) is 4.98 Å². The highest BCUT2D eigenvalue weighted by Gasteiger charge is 2.16. The summed E-state index contributed by atoms with van der Waals surface area (Å²) >= 11 is 0. The lowest BCUT2D eigenvalue weighted by molar-refractivity contribution is 0.405. The standard InChI is InChI=1S/C16H27N/c1-7-15(12(2)3)13-8-9-17-14(10-13)11-16(4,5)6/h8-10,12,15H,7,11H2,1-6H3. The first kappa shape index (κ1) is 14.2. The molecule has 1 heterocycles. The molecule has 17 heavy (non-hydrogen) atoms. The molecule has 1 heteroatoms. The Morgan fingerprint density at radius 1 is 1.24 bits per heavy atom. The van der Waals surface area contributed by atoms with E-state index in [0.29, 0.717) is 17.3 Å². The quantitative estimate of drug-likeness (QED) is 0.726. The van der Waals surface area contributed by atoms with Crippen molar-refractivity contribution < 1.29 is 0 Å². The van der Waals surface area contributed by atoms with Gasteiger partial charge in [-0.15, -0.1) is 0 Å². The molecule has 1 atom stereocenters. The molecule has 1 nitrogen and oxygen atoms in total. The van der Waals surface area contributed by atoms with Crippen LogP contribution in [0.15, 0.2) is 18.3 Å². The van der Waals surface area contributed by atoms with Crippen molar-refractivity contribution in [3.63, 3.8) is 0 Å². The molecule has 1 aromatic heterocycles. The molecule has 0 saturated heterocycles. The maximum Gasteiger partial charge on any atom is 0.0411 e. The third-order valence-corrected chi connectivity index (χ3v) is 3.22. The summed E-state index contributed by atoms with van der Waals surface area (Å²) in [7, 11) is 0. The summed E-state index contributed by atoms with van der Waals surface area (Å²) in [5.41, 5.74) is 3.00. The Morgan fingerprint density at radius 3 is 2.35 bits per heavy atom. The van der Waals surface area contributed by atoms with Crippen LogP contribution >= 0.6 is 0 Å². The summed E-state index contributed by atoms with van der Waals surface area (Å²) in [6, 6.07) is 4.49. The van der Waals surface area contributed by atoms with Crippen LogP contribution in [0.25, 0.3) is 0 Å². The molecule has 0 aliphatic heterocycles. The van der Waals surface area contributed by atoms with Crippen LogP contribution < -0.4 is 0 Å². The SMILES string of the molecule is CCC(c1ccnc(CC(C)(C)C)c1)C(C)C. The van der Waals surface area contributed by atoms with E-state index in [2.05, 4.69) is 58.7 Å². The molecule has 1 unspecified atom stereocenters. The average Bonchev–Trinajstić information content (AvgIpc) is 2.15. The van der Waals surface area contributed by atoms with E-state index in [0.717, 1.165) is 6.42 Å². The molecule has 1 rings (SSSR count). The van der Waals surface area contributed by atoms with E-state index in [1.807, 2.05) is 6.20 Å². The van der Waals surface area contributed by atoms with E-state index in [9.17, 15) is 0 Å². The van der Waals surface area contributed by atoms with E-state index in [-0.39, 0.29) is 0 Å². The maximum absolute atomic E-state index is 4.50. The maximum atomic E-state index is 4.50. The van der Waals surface area contributed by atoms with Crippen molar-refractivity contribution in [2.75, 3.05) is 0 Å². The molecule has 0 fully saturated rings. The smallest absolute Gasteiger partial charge is 0.0411 e. The highest BCUT2D eigenvalue weighted by Crippen LogP contribution is 2.28. The van der Waals surface area contributed by atoms with Crippen molar-refractivity contribution in [2.24, 2.45) is 11.3 Å². The number of nitrogens with zero attached hydrogens (tertiary/aromatic N) is 1. The summed E-state index contributed by atoms with van der Waals surface area (Å²) < 4.78 is 0. The van der Waals surface area contributed by atoms with Crippen molar-refractivity contribution in [1.82, 2.24) is 4.98 Å². The molecule has 0 radical (unpaired) electrons. The van der Waals surface area contributed by atoms with Gasteiger partial charge in [-0.3, -0.25) is 4.98 Å². The summed E-state index contributed by atoms with van der Waals surface area (Å²) in [6.45, 7) is 13.7. The molecule has 0 aromatic carbocycles. The van der Waals surface area contributed by atoms with Gasteiger partial charge in [-0.05, 0) is 47.8 Å². The van der Waals surface area contributed by atoms with E-state index in [1.165, 1.54) is 17.7 Å². The minimum absolute atomic E-state index is 0.311. The first-order valence-electron chi connectivity index (χ1n) is 6.78. The number of aromatic nitrogens is 1. The molecular formula is C16H27N. The van der Waals surface area contributed by atoms with Gasteiger partial charge in [-0.1, -0.05) is 41.5 Å². The van der Waals surface area contributed by atoms with Crippen molar-refractivity contribution in [2.45, 2.75) is 60.3 Å².